The topological polar surface area (TPSA) is 70.7 Å². The van der Waals surface area contributed by atoms with Crippen molar-refractivity contribution in [2.75, 3.05) is 0 Å². The number of hydrogen-bond acceptors (Lipinski definition) is 4. The summed E-state index contributed by atoms with van der Waals surface area (Å²) in [5, 5.41) is 21.3. The van der Waals surface area contributed by atoms with Gasteiger partial charge in [-0.25, -0.2) is 9.69 Å². The fourth-order valence-corrected chi connectivity index (χ4v) is 4.17. The lowest BCUT2D eigenvalue weighted by Gasteiger charge is -2.20. The van der Waals surface area contributed by atoms with Gasteiger partial charge in [0.25, 0.3) is 0 Å². The fraction of sp³-hybridized carbons (Fsp3) is 0.115. The Bertz CT molecular complexity index is 1330. The van der Waals surface area contributed by atoms with Crippen LogP contribution in [0.5, 0.6) is 5.75 Å². The maximum atomic E-state index is 12.6. The first kappa shape index (κ1) is 21.0. The lowest BCUT2D eigenvalue weighted by molar-refractivity contribution is -0.130. The van der Waals surface area contributed by atoms with Crippen LogP contribution in [0.4, 0.5) is 0 Å². The molecule has 1 aliphatic rings. The predicted octanol–water partition coefficient (Wildman–Crippen LogP) is 5.60. The van der Waals surface area contributed by atoms with E-state index in [4.69, 9.17) is 16.7 Å². The third-order valence-corrected chi connectivity index (χ3v) is 5.93. The maximum Gasteiger partial charge on any atom is 0.240 e. The Morgan fingerprint density at radius 2 is 1.64 bits per heavy atom. The fourth-order valence-electron chi connectivity index (χ4n) is 4.05. The Morgan fingerprint density at radius 1 is 0.970 bits per heavy atom. The summed E-state index contributed by atoms with van der Waals surface area (Å²) in [5.74, 6) is 0.0368. The van der Waals surface area contributed by atoms with Gasteiger partial charge in [0.15, 0.2) is 0 Å². The summed E-state index contributed by atoms with van der Waals surface area (Å²) in [6.45, 7) is 1.51. The van der Waals surface area contributed by atoms with Crippen LogP contribution in [0.1, 0.15) is 30.5 Å². The molecule has 4 aromatic rings. The molecule has 1 amide bonds. The van der Waals surface area contributed by atoms with Crippen molar-refractivity contribution in [1.29, 1.82) is 0 Å². The number of hydrazone groups is 1. The summed E-state index contributed by atoms with van der Waals surface area (Å²) < 4.78 is 1.83. The highest BCUT2D eigenvalue weighted by Gasteiger charge is 2.34. The first-order valence-corrected chi connectivity index (χ1v) is 10.9. The van der Waals surface area contributed by atoms with Gasteiger partial charge >= 0.3 is 0 Å². The lowest BCUT2D eigenvalue weighted by atomic mass is 9.96. The summed E-state index contributed by atoms with van der Waals surface area (Å²) in [6.07, 6.45) is 2.50. The number of amides is 1. The van der Waals surface area contributed by atoms with Gasteiger partial charge in [-0.1, -0.05) is 41.9 Å². The number of benzene rings is 3. The minimum absolute atomic E-state index is 0.150. The molecule has 1 N–H and O–H groups in total. The van der Waals surface area contributed by atoms with Gasteiger partial charge in [0.1, 0.15) is 5.75 Å². The quantitative estimate of drug-likeness (QED) is 0.434. The average molecular weight is 457 g/mol. The summed E-state index contributed by atoms with van der Waals surface area (Å²) in [5.41, 5.74) is 5.15. The highest BCUT2D eigenvalue weighted by atomic mass is 35.5. The number of phenolic OH excluding ortho intramolecular Hbond substituents is 1. The van der Waals surface area contributed by atoms with E-state index in [2.05, 4.69) is 5.10 Å². The van der Waals surface area contributed by atoms with Crippen LogP contribution in [0.15, 0.2) is 90.2 Å². The van der Waals surface area contributed by atoms with Crippen molar-refractivity contribution in [2.45, 2.75) is 19.4 Å². The summed E-state index contributed by atoms with van der Waals surface area (Å²) in [4.78, 5) is 12.6. The van der Waals surface area contributed by atoms with Crippen LogP contribution < -0.4 is 0 Å². The predicted molar refractivity (Wildman–Crippen MR) is 129 cm³/mol. The third-order valence-electron chi connectivity index (χ3n) is 5.67. The van der Waals surface area contributed by atoms with Gasteiger partial charge in [-0.3, -0.25) is 4.79 Å². The van der Waals surface area contributed by atoms with Crippen LogP contribution in [-0.4, -0.2) is 31.5 Å². The number of aromatic nitrogens is 2. The molecular formula is C26H21ClN4O2. The lowest BCUT2D eigenvalue weighted by Crippen LogP contribution is -2.24. The number of aromatic hydroxyl groups is 1. The van der Waals surface area contributed by atoms with Crippen molar-refractivity contribution in [3.05, 3.63) is 101 Å². The SMILES string of the molecule is CC(=O)N1N=C(c2ccc(O)cc2)C[C@@H]1c1cn(-c2ccccc2)nc1-c1ccc(Cl)cc1. The zero-order valence-corrected chi connectivity index (χ0v) is 18.6. The Morgan fingerprint density at radius 3 is 2.30 bits per heavy atom. The number of carbonyl (C=O) groups is 1. The number of nitrogens with zero attached hydrogens (tertiary/aromatic N) is 4. The van der Waals surface area contributed by atoms with Crippen LogP contribution in [0.2, 0.25) is 5.02 Å². The van der Waals surface area contributed by atoms with Gasteiger partial charge in [0.05, 0.1) is 23.1 Å². The number of phenols is 1. The second kappa shape index (κ2) is 8.56. The average Bonchev–Trinajstić information content (AvgIpc) is 3.46. The molecule has 1 atom stereocenters. The second-order valence-corrected chi connectivity index (χ2v) is 8.33. The Kier molecular flexibility index (Phi) is 5.44. The van der Waals surface area contributed by atoms with E-state index in [1.54, 1.807) is 12.1 Å². The van der Waals surface area contributed by atoms with E-state index in [1.165, 1.54) is 11.9 Å². The molecule has 0 bridgehead atoms. The molecule has 6 nitrogen and oxygen atoms in total. The first-order valence-electron chi connectivity index (χ1n) is 10.6. The molecule has 1 aliphatic heterocycles. The number of rotatable bonds is 4. The summed E-state index contributed by atoms with van der Waals surface area (Å²) >= 11 is 6.12. The molecule has 1 aromatic heterocycles. The van der Waals surface area contributed by atoms with E-state index in [1.807, 2.05) is 77.6 Å². The van der Waals surface area contributed by atoms with Gasteiger partial charge in [0, 0.05) is 35.7 Å². The molecule has 33 heavy (non-hydrogen) atoms. The van der Waals surface area contributed by atoms with Gasteiger partial charge in [-0.05, 0) is 54.1 Å². The monoisotopic (exact) mass is 456 g/mol. The molecule has 0 spiro atoms. The van der Waals surface area contributed by atoms with Crippen LogP contribution in [-0.2, 0) is 4.79 Å². The van der Waals surface area contributed by atoms with Crippen molar-refractivity contribution >= 4 is 23.2 Å². The molecule has 2 heterocycles. The smallest absolute Gasteiger partial charge is 0.240 e. The minimum Gasteiger partial charge on any atom is -0.508 e. The van der Waals surface area contributed by atoms with Crippen LogP contribution >= 0.6 is 11.6 Å². The van der Waals surface area contributed by atoms with Gasteiger partial charge in [0.2, 0.25) is 5.91 Å². The maximum absolute atomic E-state index is 12.6. The van der Waals surface area contributed by atoms with Crippen LogP contribution in [0.3, 0.4) is 0 Å². The Balaban J connectivity index is 1.61. The first-order chi connectivity index (χ1) is 16.0. The second-order valence-electron chi connectivity index (χ2n) is 7.90. The largest absolute Gasteiger partial charge is 0.508 e. The number of carbonyl (C=O) groups excluding carboxylic acids is 1. The van der Waals surface area contributed by atoms with E-state index >= 15 is 0 Å². The molecule has 7 heteroatoms. The van der Waals surface area contributed by atoms with Crippen molar-refractivity contribution < 1.29 is 9.90 Å². The number of halogens is 1. The third kappa shape index (κ3) is 4.13. The van der Waals surface area contributed by atoms with Crippen LogP contribution in [0.25, 0.3) is 16.9 Å². The normalized spacial score (nSPS) is 15.5. The van der Waals surface area contributed by atoms with Crippen molar-refractivity contribution in [1.82, 2.24) is 14.8 Å². The van der Waals surface area contributed by atoms with Crippen molar-refractivity contribution in [3.8, 4) is 22.7 Å². The molecule has 0 unspecified atom stereocenters. The van der Waals surface area contributed by atoms with E-state index in [-0.39, 0.29) is 17.7 Å². The highest BCUT2D eigenvalue weighted by Crippen LogP contribution is 2.38. The molecule has 0 fully saturated rings. The highest BCUT2D eigenvalue weighted by molar-refractivity contribution is 6.30. The molecular weight excluding hydrogens is 436 g/mol. The van der Waals surface area contributed by atoms with E-state index in [9.17, 15) is 9.90 Å². The molecule has 164 valence electrons. The molecule has 0 radical (unpaired) electrons. The van der Waals surface area contributed by atoms with Gasteiger partial charge in [-0.15, -0.1) is 0 Å². The van der Waals surface area contributed by atoms with E-state index in [0.29, 0.717) is 11.4 Å². The standard InChI is InChI=1S/C26H21ClN4O2/c1-17(32)31-25(15-24(28-31)18-9-13-22(33)14-10-18)23-16-30(21-5-3-2-4-6-21)29-26(23)19-7-11-20(27)12-8-19/h2-14,16,25,33H,15H2,1H3/t25-/m1/s1. The molecule has 3 aromatic carbocycles. The number of para-hydroxylation sites is 1. The molecule has 0 saturated heterocycles. The summed E-state index contributed by atoms with van der Waals surface area (Å²) in [7, 11) is 0. The van der Waals surface area contributed by atoms with Crippen LogP contribution in [0, 0.1) is 0 Å². The molecule has 5 rings (SSSR count). The minimum atomic E-state index is -0.311. The number of hydrogen-bond donors (Lipinski definition) is 1. The van der Waals surface area contributed by atoms with E-state index in [0.717, 1.165) is 33.8 Å². The Hall–Kier alpha value is -3.90. The zero-order valence-electron chi connectivity index (χ0n) is 17.9. The molecule has 0 saturated carbocycles. The van der Waals surface area contributed by atoms with Crippen molar-refractivity contribution in [3.63, 3.8) is 0 Å². The van der Waals surface area contributed by atoms with E-state index < -0.39 is 0 Å². The zero-order chi connectivity index (χ0) is 22.9. The Labute approximate surface area is 196 Å². The van der Waals surface area contributed by atoms with Gasteiger partial charge in [-0.2, -0.15) is 10.2 Å². The van der Waals surface area contributed by atoms with Gasteiger partial charge < -0.3 is 5.11 Å². The molecule has 0 aliphatic carbocycles. The van der Waals surface area contributed by atoms with Crippen molar-refractivity contribution in [2.24, 2.45) is 5.10 Å². The summed E-state index contributed by atoms with van der Waals surface area (Å²) in [6, 6.07) is 23.9.